The maximum atomic E-state index is 12.5. The number of benzene rings is 1. The summed E-state index contributed by atoms with van der Waals surface area (Å²) in [6.45, 7) is 0. The molecule has 4 rings (SSSR count). The Kier molecular flexibility index (Phi) is 6.08. The molecule has 0 radical (unpaired) electrons. The number of nitriles is 1. The Morgan fingerprint density at radius 2 is 2.03 bits per heavy atom. The predicted octanol–water partition coefficient (Wildman–Crippen LogP) is 5.23. The van der Waals surface area contributed by atoms with Gasteiger partial charge in [0.2, 0.25) is 5.13 Å². The van der Waals surface area contributed by atoms with Crippen molar-refractivity contribution < 1.29 is 13.6 Å². The van der Waals surface area contributed by atoms with Gasteiger partial charge in [0.05, 0.1) is 12.0 Å². The number of hydrogen-bond donors (Lipinski definition) is 1. The van der Waals surface area contributed by atoms with Gasteiger partial charge in [-0.1, -0.05) is 53.4 Å². The van der Waals surface area contributed by atoms with Crippen LogP contribution in [0.4, 0.5) is 5.13 Å². The molecule has 0 aliphatic rings. The molecule has 0 unspecified atom stereocenters. The fourth-order valence-electron chi connectivity index (χ4n) is 2.45. The van der Waals surface area contributed by atoms with Gasteiger partial charge >= 0.3 is 0 Å². The predicted molar refractivity (Wildman–Crippen MR) is 115 cm³/mol. The third-order valence-electron chi connectivity index (χ3n) is 3.86. The standard InChI is InChI=1S/C21H14N4O3S2/c22-12-15(11-16-8-9-18(28-16)29-13-17-7-4-10-27-17)19(26)23-21-25-24-20(30-21)14-5-2-1-3-6-14/h1-11H,13H2,(H,23,25,26)/b15-11-. The highest BCUT2D eigenvalue weighted by molar-refractivity contribution is 7.98. The van der Waals surface area contributed by atoms with Crippen molar-refractivity contribution in [1.29, 1.82) is 5.26 Å². The molecule has 0 fully saturated rings. The van der Waals surface area contributed by atoms with Crippen molar-refractivity contribution in [3.05, 3.63) is 78.0 Å². The number of rotatable bonds is 7. The second-order valence-electron chi connectivity index (χ2n) is 5.93. The molecule has 148 valence electrons. The van der Waals surface area contributed by atoms with Crippen molar-refractivity contribution >= 4 is 40.2 Å². The van der Waals surface area contributed by atoms with Crippen LogP contribution in [0.3, 0.4) is 0 Å². The summed E-state index contributed by atoms with van der Waals surface area (Å²) in [5, 5.41) is 21.7. The first-order chi connectivity index (χ1) is 14.7. The van der Waals surface area contributed by atoms with Crippen molar-refractivity contribution in [2.24, 2.45) is 0 Å². The van der Waals surface area contributed by atoms with E-state index >= 15 is 0 Å². The van der Waals surface area contributed by atoms with Gasteiger partial charge in [0.25, 0.3) is 5.91 Å². The van der Waals surface area contributed by atoms with Crippen LogP contribution in [0.1, 0.15) is 11.5 Å². The first-order valence-corrected chi connectivity index (χ1v) is 10.6. The number of furan rings is 2. The Hall–Kier alpha value is -3.61. The van der Waals surface area contributed by atoms with Crippen molar-refractivity contribution in [3.8, 4) is 16.6 Å². The zero-order valence-electron chi connectivity index (χ0n) is 15.4. The molecule has 7 nitrogen and oxygen atoms in total. The highest BCUT2D eigenvalue weighted by Crippen LogP contribution is 2.27. The molecule has 4 aromatic rings. The highest BCUT2D eigenvalue weighted by atomic mass is 32.2. The zero-order valence-corrected chi connectivity index (χ0v) is 17.1. The van der Waals surface area contributed by atoms with Gasteiger partial charge in [-0.3, -0.25) is 10.1 Å². The number of hydrogen-bond acceptors (Lipinski definition) is 8. The van der Waals surface area contributed by atoms with E-state index in [0.29, 0.717) is 26.7 Å². The smallest absolute Gasteiger partial charge is 0.268 e. The van der Waals surface area contributed by atoms with E-state index in [1.165, 1.54) is 29.2 Å². The average molecular weight is 435 g/mol. The van der Waals surface area contributed by atoms with E-state index in [1.54, 1.807) is 18.4 Å². The molecule has 3 aromatic heterocycles. The molecule has 1 aromatic carbocycles. The number of anilines is 1. The van der Waals surface area contributed by atoms with Crippen LogP contribution in [-0.2, 0) is 10.5 Å². The molecule has 0 bridgehead atoms. The molecule has 0 atom stereocenters. The molecular formula is C21H14N4O3S2. The van der Waals surface area contributed by atoms with E-state index in [0.717, 1.165) is 11.3 Å². The Morgan fingerprint density at radius 3 is 2.80 bits per heavy atom. The lowest BCUT2D eigenvalue weighted by atomic mass is 10.2. The SMILES string of the molecule is N#C/C(=C/c1ccc(SCc2ccco2)o1)C(=O)Nc1nnc(-c2ccccc2)s1. The van der Waals surface area contributed by atoms with Gasteiger partial charge in [-0.25, -0.2) is 0 Å². The maximum Gasteiger partial charge on any atom is 0.268 e. The van der Waals surface area contributed by atoms with E-state index < -0.39 is 5.91 Å². The lowest BCUT2D eigenvalue weighted by Gasteiger charge is -1.98. The fraction of sp³-hybridized carbons (Fsp3) is 0.0476. The van der Waals surface area contributed by atoms with Crippen molar-refractivity contribution in [3.63, 3.8) is 0 Å². The van der Waals surface area contributed by atoms with Crippen LogP contribution in [0.2, 0.25) is 0 Å². The maximum absolute atomic E-state index is 12.5. The normalized spacial score (nSPS) is 11.2. The second-order valence-corrected chi connectivity index (χ2v) is 7.88. The third kappa shape index (κ3) is 4.86. The Balaban J connectivity index is 1.41. The Labute approximate surface area is 180 Å². The van der Waals surface area contributed by atoms with Crippen LogP contribution in [0.25, 0.3) is 16.6 Å². The summed E-state index contributed by atoms with van der Waals surface area (Å²) < 4.78 is 10.9. The number of carbonyl (C=O) groups excluding carboxylic acids is 1. The first kappa shape index (κ1) is 19.7. The van der Waals surface area contributed by atoms with Gasteiger partial charge < -0.3 is 8.83 Å². The Morgan fingerprint density at radius 1 is 1.17 bits per heavy atom. The first-order valence-electron chi connectivity index (χ1n) is 8.78. The quantitative estimate of drug-likeness (QED) is 0.241. The minimum absolute atomic E-state index is 0.0941. The second kappa shape index (κ2) is 9.26. The van der Waals surface area contributed by atoms with Gasteiger partial charge in [0, 0.05) is 11.6 Å². The molecule has 0 saturated carbocycles. The molecule has 0 saturated heterocycles. The molecule has 0 aliphatic heterocycles. The monoisotopic (exact) mass is 434 g/mol. The summed E-state index contributed by atoms with van der Waals surface area (Å²) in [5.41, 5.74) is 0.810. The van der Waals surface area contributed by atoms with Gasteiger partial charge in [0.15, 0.2) is 5.09 Å². The molecular weight excluding hydrogens is 420 g/mol. The summed E-state index contributed by atoms with van der Waals surface area (Å²) >= 11 is 2.69. The van der Waals surface area contributed by atoms with Crippen molar-refractivity contribution in [2.75, 3.05) is 5.32 Å². The van der Waals surface area contributed by atoms with E-state index in [9.17, 15) is 10.1 Å². The topological polar surface area (TPSA) is 105 Å². The lowest BCUT2D eigenvalue weighted by Crippen LogP contribution is -2.13. The Bertz CT molecular complexity index is 1200. The van der Waals surface area contributed by atoms with Crippen molar-refractivity contribution in [1.82, 2.24) is 10.2 Å². The van der Waals surface area contributed by atoms with Crippen LogP contribution in [0, 0.1) is 11.3 Å². The minimum atomic E-state index is -0.575. The summed E-state index contributed by atoms with van der Waals surface area (Å²) in [6, 6.07) is 18.6. The van der Waals surface area contributed by atoms with Crippen LogP contribution in [0.15, 0.2) is 80.4 Å². The minimum Gasteiger partial charge on any atom is -0.468 e. The molecule has 1 amide bonds. The highest BCUT2D eigenvalue weighted by Gasteiger charge is 2.14. The summed E-state index contributed by atoms with van der Waals surface area (Å²) in [4.78, 5) is 12.5. The van der Waals surface area contributed by atoms with E-state index in [4.69, 9.17) is 8.83 Å². The fourth-order valence-corrected chi connectivity index (χ4v) is 3.97. The number of carbonyl (C=O) groups is 1. The summed E-state index contributed by atoms with van der Waals surface area (Å²) in [7, 11) is 0. The third-order valence-corrected chi connectivity index (χ3v) is 5.68. The van der Waals surface area contributed by atoms with Gasteiger partial charge in [-0.15, -0.1) is 10.2 Å². The molecule has 1 N–H and O–H groups in total. The molecule has 9 heteroatoms. The number of amides is 1. The molecule has 0 aliphatic carbocycles. The molecule has 0 spiro atoms. The van der Waals surface area contributed by atoms with Crippen molar-refractivity contribution in [2.45, 2.75) is 10.8 Å². The summed E-state index contributed by atoms with van der Waals surface area (Å²) in [6.07, 6.45) is 3.01. The zero-order chi connectivity index (χ0) is 20.8. The van der Waals surface area contributed by atoms with E-state index in [-0.39, 0.29) is 5.57 Å². The van der Waals surface area contributed by atoms with Gasteiger partial charge in [-0.05, 0) is 24.3 Å². The lowest BCUT2D eigenvalue weighted by molar-refractivity contribution is -0.112. The number of nitrogens with one attached hydrogen (secondary N) is 1. The average Bonchev–Trinajstić information content (AvgIpc) is 3.53. The van der Waals surface area contributed by atoms with Crippen LogP contribution in [-0.4, -0.2) is 16.1 Å². The number of aromatic nitrogens is 2. The van der Waals surface area contributed by atoms with Crippen LogP contribution < -0.4 is 5.32 Å². The number of nitrogens with zero attached hydrogens (tertiary/aromatic N) is 3. The van der Waals surface area contributed by atoms with E-state index in [1.807, 2.05) is 48.5 Å². The molecule has 30 heavy (non-hydrogen) atoms. The van der Waals surface area contributed by atoms with Crippen LogP contribution >= 0.6 is 23.1 Å². The number of thioether (sulfide) groups is 1. The van der Waals surface area contributed by atoms with Gasteiger partial charge in [-0.2, -0.15) is 5.26 Å². The van der Waals surface area contributed by atoms with E-state index in [2.05, 4.69) is 15.5 Å². The largest absolute Gasteiger partial charge is 0.468 e. The van der Waals surface area contributed by atoms with Gasteiger partial charge in [0.1, 0.15) is 28.2 Å². The molecule has 3 heterocycles. The van der Waals surface area contributed by atoms with Crippen LogP contribution in [0.5, 0.6) is 0 Å². The summed E-state index contributed by atoms with van der Waals surface area (Å²) in [5.74, 6) is 1.29.